The van der Waals surface area contributed by atoms with E-state index >= 15 is 0 Å². The van der Waals surface area contributed by atoms with E-state index in [9.17, 15) is 14.0 Å². The van der Waals surface area contributed by atoms with E-state index in [2.05, 4.69) is 5.32 Å². The summed E-state index contributed by atoms with van der Waals surface area (Å²) in [4.78, 5) is 27.0. The van der Waals surface area contributed by atoms with Gasteiger partial charge in [-0.1, -0.05) is 54.6 Å². The summed E-state index contributed by atoms with van der Waals surface area (Å²) >= 11 is 0. The number of anilines is 1. The third kappa shape index (κ3) is 4.43. The molecule has 0 saturated carbocycles. The fourth-order valence-corrected chi connectivity index (χ4v) is 3.85. The number of ether oxygens (including phenoxy) is 1. The van der Waals surface area contributed by atoms with Crippen LogP contribution in [0, 0.1) is 11.7 Å². The predicted molar refractivity (Wildman–Crippen MR) is 116 cm³/mol. The maximum absolute atomic E-state index is 14.2. The molecule has 0 bridgehead atoms. The lowest BCUT2D eigenvalue weighted by Crippen LogP contribution is -2.36. The lowest BCUT2D eigenvalue weighted by molar-refractivity contribution is -0.126. The monoisotopic (exact) mass is 418 g/mol. The number of methoxy groups -OCH3 is 1. The number of carbonyl (C=O) groups is 2. The van der Waals surface area contributed by atoms with Crippen LogP contribution in [0.1, 0.15) is 23.6 Å². The molecule has 1 aliphatic rings. The standard InChI is InChI=1S/C25H23FN2O3/c1-31-20-13-11-18(12-14-20)24(17-7-3-2-4-8-17)27-25(30)19-15-23(29)28(16-19)22-10-6-5-9-21(22)26/h2-14,19,24H,15-16H2,1H3,(H,27,30)/t19-,24+/m0/s1. The minimum atomic E-state index is -0.559. The van der Waals surface area contributed by atoms with Crippen LogP contribution in [0.5, 0.6) is 5.75 Å². The Morgan fingerprint density at radius 1 is 1.00 bits per heavy atom. The Bertz CT molecular complexity index is 1070. The van der Waals surface area contributed by atoms with Crippen molar-refractivity contribution in [1.29, 1.82) is 0 Å². The van der Waals surface area contributed by atoms with Gasteiger partial charge in [0.2, 0.25) is 11.8 Å². The average Bonchev–Trinajstić information content (AvgIpc) is 3.20. The molecule has 1 saturated heterocycles. The molecule has 0 unspecified atom stereocenters. The molecule has 1 fully saturated rings. The smallest absolute Gasteiger partial charge is 0.227 e. The maximum atomic E-state index is 14.2. The van der Waals surface area contributed by atoms with E-state index in [1.165, 1.54) is 11.0 Å². The normalized spacial score (nSPS) is 16.8. The van der Waals surface area contributed by atoms with E-state index in [1.807, 2.05) is 54.6 Å². The van der Waals surface area contributed by atoms with Crippen molar-refractivity contribution in [3.05, 3.63) is 95.8 Å². The van der Waals surface area contributed by atoms with Crippen molar-refractivity contribution in [1.82, 2.24) is 5.32 Å². The highest BCUT2D eigenvalue weighted by Gasteiger charge is 2.37. The van der Waals surface area contributed by atoms with Gasteiger partial charge in [-0.15, -0.1) is 0 Å². The first-order valence-electron chi connectivity index (χ1n) is 10.1. The molecule has 2 amide bonds. The molecule has 3 aromatic carbocycles. The third-order valence-electron chi connectivity index (χ3n) is 5.51. The van der Waals surface area contributed by atoms with Crippen LogP contribution in [0.3, 0.4) is 0 Å². The molecule has 158 valence electrons. The van der Waals surface area contributed by atoms with Gasteiger partial charge >= 0.3 is 0 Å². The Morgan fingerprint density at radius 3 is 2.32 bits per heavy atom. The summed E-state index contributed by atoms with van der Waals surface area (Å²) < 4.78 is 19.4. The van der Waals surface area contributed by atoms with Crippen molar-refractivity contribution in [3.63, 3.8) is 0 Å². The number of hydrogen-bond acceptors (Lipinski definition) is 3. The summed E-state index contributed by atoms with van der Waals surface area (Å²) in [7, 11) is 1.60. The molecule has 1 aliphatic heterocycles. The number of halogens is 1. The SMILES string of the molecule is COc1ccc([C@H](NC(=O)[C@H]2CC(=O)N(c3ccccc3F)C2)c2ccccc2)cc1. The minimum Gasteiger partial charge on any atom is -0.497 e. The Labute approximate surface area is 180 Å². The molecule has 0 aromatic heterocycles. The second kappa shape index (κ2) is 9.00. The molecule has 6 heteroatoms. The van der Waals surface area contributed by atoms with Crippen LogP contribution in [0.2, 0.25) is 0 Å². The van der Waals surface area contributed by atoms with E-state index in [4.69, 9.17) is 4.74 Å². The van der Waals surface area contributed by atoms with E-state index < -0.39 is 11.7 Å². The van der Waals surface area contributed by atoms with Crippen molar-refractivity contribution in [2.75, 3.05) is 18.6 Å². The fraction of sp³-hybridized carbons (Fsp3) is 0.200. The lowest BCUT2D eigenvalue weighted by atomic mass is 9.97. The fourth-order valence-electron chi connectivity index (χ4n) is 3.85. The molecule has 5 nitrogen and oxygen atoms in total. The van der Waals surface area contributed by atoms with Crippen molar-refractivity contribution < 1.29 is 18.7 Å². The van der Waals surface area contributed by atoms with Gasteiger partial charge in [-0.3, -0.25) is 9.59 Å². The number of nitrogens with one attached hydrogen (secondary N) is 1. The molecule has 0 radical (unpaired) electrons. The van der Waals surface area contributed by atoms with Crippen LogP contribution in [0.25, 0.3) is 0 Å². The van der Waals surface area contributed by atoms with E-state index in [-0.39, 0.29) is 36.5 Å². The Kier molecular flexibility index (Phi) is 5.98. The highest BCUT2D eigenvalue weighted by Crippen LogP contribution is 2.29. The van der Waals surface area contributed by atoms with E-state index in [0.29, 0.717) is 0 Å². The number of rotatable bonds is 6. The van der Waals surface area contributed by atoms with E-state index in [0.717, 1.165) is 16.9 Å². The first-order valence-corrected chi connectivity index (χ1v) is 10.1. The topological polar surface area (TPSA) is 58.6 Å². The highest BCUT2D eigenvalue weighted by molar-refractivity contribution is 6.00. The van der Waals surface area contributed by atoms with Gasteiger partial charge < -0.3 is 15.0 Å². The van der Waals surface area contributed by atoms with Crippen molar-refractivity contribution in [2.24, 2.45) is 5.92 Å². The van der Waals surface area contributed by atoms with Crippen LogP contribution in [0.15, 0.2) is 78.9 Å². The summed E-state index contributed by atoms with van der Waals surface area (Å²) in [6.07, 6.45) is 0.0459. The van der Waals surface area contributed by atoms with Crippen molar-refractivity contribution in [3.8, 4) is 5.75 Å². The largest absolute Gasteiger partial charge is 0.497 e. The molecule has 2 atom stereocenters. The minimum absolute atomic E-state index is 0.0459. The Hall–Kier alpha value is -3.67. The molecule has 1 heterocycles. The molecule has 0 aliphatic carbocycles. The number of nitrogens with zero attached hydrogens (tertiary/aromatic N) is 1. The first-order chi connectivity index (χ1) is 15.1. The summed E-state index contributed by atoms with van der Waals surface area (Å²) in [5, 5.41) is 3.08. The summed E-state index contributed by atoms with van der Waals surface area (Å²) in [6, 6.07) is 22.9. The van der Waals surface area contributed by atoms with Gasteiger partial charge in [0.15, 0.2) is 0 Å². The molecule has 0 spiro atoms. The number of hydrogen-bond donors (Lipinski definition) is 1. The third-order valence-corrected chi connectivity index (χ3v) is 5.51. The summed E-state index contributed by atoms with van der Waals surface area (Å²) in [6.45, 7) is 0.149. The molecule has 3 aromatic rings. The average molecular weight is 418 g/mol. The van der Waals surface area contributed by atoms with Gasteiger partial charge in [0.05, 0.1) is 24.8 Å². The van der Waals surface area contributed by atoms with Crippen LogP contribution in [0.4, 0.5) is 10.1 Å². The van der Waals surface area contributed by atoms with E-state index in [1.54, 1.807) is 25.3 Å². The van der Waals surface area contributed by atoms with Gasteiger partial charge in [-0.25, -0.2) is 4.39 Å². The van der Waals surface area contributed by atoms with Crippen molar-refractivity contribution in [2.45, 2.75) is 12.5 Å². The highest BCUT2D eigenvalue weighted by atomic mass is 19.1. The molecular weight excluding hydrogens is 395 g/mol. The first kappa shape index (κ1) is 20.6. The number of benzene rings is 3. The lowest BCUT2D eigenvalue weighted by Gasteiger charge is -2.22. The zero-order valence-electron chi connectivity index (χ0n) is 17.1. The summed E-state index contributed by atoms with van der Waals surface area (Å²) in [5.74, 6) is -0.805. The second-order valence-electron chi connectivity index (χ2n) is 7.48. The number of carbonyl (C=O) groups excluding carboxylic acids is 2. The quantitative estimate of drug-likeness (QED) is 0.656. The van der Waals surface area contributed by atoms with Gasteiger partial charge in [-0.05, 0) is 35.4 Å². The zero-order valence-corrected chi connectivity index (χ0v) is 17.1. The summed E-state index contributed by atoms with van der Waals surface area (Å²) in [5.41, 5.74) is 2.03. The van der Waals surface area contributed by atoms with Gasteiger partial charge in [-0.2, -0.15) is 0 Å². The predicted octanol–water partition coefficient (Wildman–Crippen LogP) is 4.09. The number of para-hydroxylation sites is 1. The second-order valence-corrected chi connectivity index (χ2v) is 7.48. The molecule has 4 rings (SSSR count). The Balaban J connectivity index is 1.55. The molecule has 31 heavy (non-hydrogen) atoms. The van der Waals surface area contributed by atoms with Crippen LogP contribution < -0.4 is 15.0 Å². The molecular formula is C25H23FN2O3. The van der Waals surface area contributed by atoms with Crippen LogP contribution >= 0.6 is 0 Å². The van der Waals surface area contributed by atoms with Gasteiger partial charge in [0.25, 0.3) is 0 Å². The number of amides is 2. The van der Waals surface area contributed by atoms with Crippen molar-refractivity contribution >= 4 is 17.5 Å². The van der Waals surface area contributed by atoms with Crippen LogP contribution in [-0.4, -0.2) is 25.5 Å². The molecule has 1 N–H and O–H groups in total. The van der Waals surface area contributed by atoms with Gasteiger partial charge in [0.1, 0.15) is 11.6 Å². The van der Waals surface area contributed by atoms with Crippen LogP contribution in [-0.2, 0) is 9.59 Å². The zero-order chi connectivity index (χ0) is 21.8. The Morgan fingerprint density at radius 2 is 1.65 bits per heavy atom. The maximum Gasteiger partial charge on any atom is 0.227 e. The van der Waals surface area contributed by atoms with Gasteiger partial charge in [0, 0.05) is 13.0 Å².